The first-order valence-corrected chi connectivity index (χ1v) is 4.98. The molecule has 1 heterocycles. The smallest absolute Gasteiger partial charge is 0.220 e. The van der Waals surface area contributed by atoms with Crippen molar-refractivity contribution in [3.8, 4) is 0 Å². The van der Waals surface area contributed by atoms with E-state index in [2.05, 4.69) is 10.6 Å². The lowest BCUT2D eigenvalue weighted by atomic mass is 10.2. The normalized spacial score (nSPS) is 20.6. The van der Waals surface area contributed by atoms with Gasteiger partial charge < -0.3 is 16.4 Å². The van der Waals surface area contributed by atoms with Gasteiger partial charge in [0.2, 0.25) is 11.8 Å². The van der Waals surface area contributed by atoms with Gasteiger partial charge in [-0.2, -0.15) is 0 Å². The van der Waals surface area contributed by atoms with E-state index in [-0.39, 0.29) is 17.9 Å². The van der Waals surface area contributed by atoms with Crippen LogP contribution in [-0.2, 0) is 9.59 Å². The lowest BCUT2D eigenvalue weighted by Crippen LogP contribution is -2.38. The average Bonchev–Trinajstić information content (AvgIpc) is 2.58. The second kappa shape index (κ2) is 5.59. The Kier molecular flexibility index (Phi) is 4.39. The molecule has 0 radical (unpaired) electrons. The number of hydrogen-bond donors (Lipinski definition) is 3. The molecule has 0 bridgehead atoms. The molecule has 0 aromatic carbocycles. The standard InChI is InChI=1S/C9H17N3O2/c10-5-1-2-8(13)11-6-7-3-4-9(14)12-7/h7H,1-6,10H2,(H,11,13)(H,12,14). The van der Waals surface area contributed by atoms with E-state index in [1.165, 1.54) is 0 Å². The third-order valence-corrected chi connectivity index (χ3v) is 2.24. The first-order chi connectivity index (χ1) is 6.72. The fourth-order valence-corrected chi connectivity index (χ4v) is 1.42. The average molecular weight is 199 g/mol. The highest BCUT2D eigenvalue weighted by molar-refractivity contribution is 5.79. The molecule has 1 aliphatic rings. The molecule has 1 fully saturated rings. The maximum Gasteiger partial charge on any atom is 0.220 e. The SMILES string of the molecule is NCCCC(=O)NCC1CCC(=O)N1. The Hall–Kier alpha value is -1.10. The molecule has 1 atom stereocenters. The van der Waals surface area contributed by atoms with Crippen LogP contribution < -0.4 is 16.4 Å². The summed E-state index contributed by atoms with van der Waals surface area (Å²) in [7, 11) is 0. The van der Waals surface area contributed by atoms with Crippen molar-refractivity contribution < 1.29 is 9.59 Å². The summed E-state index contributed by atoms with van der Waals surface area (Å²) in [4.78, 5) is 22.0. The zero-order chi connectivity index (χ0) is 10.4. The van der Waals surface area contributed by atoms with Crippen molar-refractivity contribution in [3.05, 3.63) is 0 Å². The van der Waals surface area contributed by atoms with E-state index < -0.39 is 0 Å². The van der Waals surface area contributed by atoms with Crippen LogP contribution in [0.2, 0.25) is 0 Å². The zero-order valence-electron chi connectivity index (χ0n) is 8.21. The Morgan fingerprint density at radius 3 is 3.00 bits per heavy atom. The van der Waals surface area contributed by atoms with E-state index in [4.69, 9.17) is 5.73 Å². The second-order valence-corrected chi connectivity index (χ2v) is 3.50. The van der Waals surface area contributed by atoms with E-state index >= 15 is 0 Å². The van der Waals surface area contributed by atoms with Crippen molar-refractivity contribution in [2.75, 3.05) is 13.1 Å². The van der Waals surface area contributed by atoms with Gasteiger partial charge in [-0.15, -0.1) is 0 Å². The molecule has 5 heteroatoms. The first-order valence-electron chi connectivity index (χ1n) is 4.98. The molecule has 2 amide bonds. The zero-order valence-corrected chi connectivity index (χ0v) is 8.21. The fraction of sp³-hybridized carbons (Fsp3) is 0.778. The molecule has 80 valence electrons. The maximum absolute atomic E-state index is 11.2. The number of rotatable bonds is 5. The number of nitrogens with one attached hydrogen (secondary N) is 2. The van der Waals surface area contributed by atoms with Gasteiger partial charge in [-0.05, 0) is 19.4 Å². The van der Waals surface area contributed by atoms with Gasteiger partial charge >= 0.3 is 0 Å². The Morgan fingerprint density at radius 1 is 1.64 bits per heavy atom. The quantitative estimate of drug-likeness (QED) is 0.537. The van der Waals surface area contributed by atoms with Gasteiger partial charge in [0.25, 0.3) is 0 Å². The minimum atomic E-state index is 0.0107. The topological polar surface area (TPSA) is 84.2 Å². The van der Waals surface area contributed by atoms with Gasteiger partial charge in [0.15, 0.2) is 0 Å². The second-order valence-electron chi connectivity index (χ2n) is 3.50. The predicted octanol–water partition coefficient (Wildman–Crippen LogP) is -0.880. The summed E-state index contributed by atoms with van der Waals surface area (Å²) >= 11 is 0. The van der Waals surface area contributed by atoms with Crippen molar-refractivity contribution in [1.29, 1.82) is 0 Å². The van der Waals surface area contributed by atoms with Gasteiger partial charge in [-0.25, -0.2) is 0 Å². The lowest BCUT2D eigenvalue weighted by molar-refractivity contribution is -0.122. The molecule has 0 aromatic heterocycles. The van der Waals surface area contributed by atoms with E-state index in [9.17, 15) is 9.59 Å². The van der Waals surface area contributed by atoms with Gasteiger partial charge in [0.05, 0.1) is 0 Å². The molecular formula is C9H17N3O2. The summed E-state index contributed by atoms with van der Waals surface area (Å²) in [5, 5.41) is 5.56. The number of nitrogens with two attached hydrogens (primary N) is 1. The summed E-state index contributed by atoms with van der Waals surface area (Å²) in [6, 6.07) is 0.115. The molecule has 1 aliphatic heterocycles. The molecule has 1 rings (SSSR count). The Bertz CT molecular complexity index is 218. The number of carbonyl (C=O) groups excluding carboxylic acids is 2. The van der Waals surface area contributed by atoms with Crippen molar-refractivity contribution in [1.82, 2.24) is 10.6 Å². The van der Waals surface area contributed by atoms with Crippen LogP contribution in [0, 0.1) is 0 Å². The summed E-state index contributed by atoms with van der Waals surface area (Å²) in [6.45, 7) is 1.07. The molecule has 1 unspecified atom stereocenters. The van der Waals surface area contributed by atoms with E-state index in [1.807, 2.05) is 0 Å². The highest BCUT2D eigenvalue weighted by Gasteiger charge is 2.20. The largest absolute Gasteiger partial charge is 0.354 e. The molecule has 4 N–H and O–H groups in total. The maximum atomic E-state index is 11.2. The third kappa shape index (κ3) is 3.74. The van der Waals surface area contributed by atoms with E-state index in [0.717, 1.165) is 6.42 Å². The van der Waals surface area contributed by atoms with Crippen LogP contribution in [0.25, 0.3) is 0 Å². The van der Waals surface area contributed by atoms with Crippen LogP contribution in [0.3, 0.4) is 0 Å². The van der Waals surface area contributed by atoms with Crippen LogP contribution in [0.4, 0.5) is 0 Å². The fourth-order valence-electron chi connectivity index (χ4n) is 1.42. The monoisotopic (exact) mass is 199 g/mol. The van der Waals surface area contributed by atoms with Crippen LogP contribution in [0.5, 0.6) is 0 Å². The summed E-state index contributed by atoms with van der Waals surface area (Å²) in [5.74, 6) is 0.0859. The summed E-state index contributed by atoms with van der Waals surface area (Å²) in [6.07, 6.45) is 2.57. The van der Waals surface area contributed by atoms with Gasteiger partial charge in [-0.3, -0.25) is 9.59 Å². The van der Waals surface area contributed by atoms with Gasteiger partial charge in [0, 0.05) is 25.4 Å². The highest BCUT2D eigenvalue weighted by Crippen LogP contribution is 2.04. The Labute approximate surface area is 83.4 Å². The van der Waals surface area contributed by atoms with Crippen LogP contribution >= 0.6 is 0 Å². The minimum Gasteiger partial charge on any atom is -0.354 e. The molecule has 0 spiro atoms. The van der Waals surface area contributed by atoms with Crippen molar-refractivity contribution in [3.63, 3.8) is 0 Å². The van der Waals surface area contributed by atoms with Crippen LogP contribution in [0.15, 0.2) is 0 Å². The molecule has 0 saturated carbocycles. The molecule has 1 saturated heterocycles. The molecule has 5 nitrogen and oxygen atoms in total. The third-order valence-electron chi connectivity index (χ3n) is 2.24. The molecule has 0 aliphatic carbocycles. The summed E-state index contributed by atoms with van der Waals surface area (Å²) in [5.41, 5.74) is 5.28. The highest BCUT2D eigenvalue weighted by atomic mass is 16.2. The van der Waals surface area contributed by atoms with E-state index in [1.54, 1.807) is 0 Å². The Morgan fingerprint density at radius 2 is 2.43 bits per heavy atom. The molecular weight excluding hydrogens is 182 g/mol. The number of hydrogen-bond acceptors (Lipinski definition) is 3. The van der Waals surface area contributed by atoms with Crippen LogP contribution in [-0.4, -0.2) is 30.9 Å². The minimum absolute atomic E-state index is 0.0107. The lowest BCUT2D eigenvalue weighted by Gasteiger charge is -2.10. The van der Waals surface area contributed by atoms with Gasteiger partial charge in [0.1, 0.15) is 0 Å². The van der Waals surface area contributed by atoms with Crippen LogP contribution in [0.1, 0.15) is 25.7 Å². The summed E-state index contributed by atoms with van der Waals surface area (Å²) < 4.78 is 0. The Balaban J connectivity index is 2.08. The first kappa shape index (κ1) is 11.0. The van der Waals surface area contributed by atoms with Crippen molar-refractivity contribution >= 4 is 11.8 Å². The molecule has 14 heavy (non-hydrogen) atoms. The predicted molar refractivity (Wildman–Crippen MR) is 52.5 cm³/mol. The van der Waals surface area contributed by atoms with Crippen molar-refractivity contribution in [2.45, 2.75) is 31.7 Å². The van der Waals surface area contributed by atoms with Crippen molar-refractivity contribution in [2.24, 2.45) is 5.73 Å². The molecule has 0 aromatic rings. The number of amides is 2. The van der Waals surface area contributed by atoms with Gasteiger partial charge in [-0.1, -0.05) is 0 Å². The van der Waals surface area contributed by atoms with E-state index in [0.29, 0.717) is 32.4 Å². The number of carbonyl (C=O) groups is 2.